The number of anilines is 1. The largest absolute Gasteiger partial charge is 0.385 e. The number of hydrogen-bond acceptors (Lipinski definition) is 3. The Morgan fingerprint density at radius 3 is 3.10 bits per heavy atom. The number of hydrogen-bond donors (Lipinski definition) is 1. The standard InChI is InChI=1S/C16H18N2OS/c1-18(10-12-6-8-20-11-12)16(19)14-4-5-15-13(9-14)3-2-7-17-15/h4-6,8-9,11,17H,2-3,7,10H2,1H3. The van der Waals surface area contributed by atoms with Crippen molar-refractivity contribution in [1.29, 1.82) is 0 Å². The highest BCUT2D eigenvalue weighted by Crippen LogP contribution is 2.23. The molecule has 2 aromatic rings. The summed E-state index contributed by atoms with van der Waals surface area (Å²) in [5.74, 6) is 0.0876. The highest BCUT2D eigenvalue weighted by molar-refractivity contribution is 7.07. The summed E-state index contributed by atoms with van der Waals surface area (Å²) in [6.07, 6.45) is 2.19. The molecule has 3 rings (SSSR count). The first-order valence-corrected chi connectivity index (χ1v) is 7.81. The molecule has 0 fully saturated rings. The van der Waals surface area contributed by atoms with Gasteiger partial charge in [0, 0.05) is 31.4 Å². The van der Waals surface area contributed by atoms with Gasteiger partial charge in [-0.05, 0) is 59.0 Å². The van der Waals surface area contributed by atoms with E-state index < -0.39 is 0 Å². The zero-order valence-corrected chi connectivity index (χ0v) is 12.4. The molecule has 0 saturated carbocycles. The Kier molecular flexibility index (Phi) is 3.74. The summed E-state index contributed by atoms with van der Waals surface area (Å²) in [7, 11) is 1.86. The summed E-state index contributed by atoms with van der Waals surface area (Å²) in [4.78, 5) is 14.2. The summed E-state index contributed by atoms with van der Waals surface area (Å²) in [5, 5.41) is 7.49. The highest BCUT2D eigenvalue weighted by Gasteiger charge is 2.15. The van der Waals surface area contributed by atoms with E-state index >= 15 is 0 Å². The van der Waals surface area contributed by atoms with E-state index in [0.29, 0.717) is 6.54 Å². The molecule has 104 valence electrons. The molecule has 0 atom stereocenters. The molecule has 1 aliphatic heterocycles. The number of fused-ring (bicyclic) bond motifs is 1. The number of benzene rings is 1. The van der Waals surface area contributed by atoms with Gasteiger partial charge in [0.1, 0.15) is 0 Å². The Hall–Kier alpha value is -1.81. The topological polar surface area (TPSA) is 32.3 Å². The third-order valence-electron chi connectivity index (χ3n) is 3.64. The summed E-state index contributed by atoms with van der Waals surface area (Å²) < 4.78 is 0. The molecule has 0 aliphatic carbocycles. The van der Waals surface area contributed by atoms with Gasteiger partial charge >= 0.3 is 0 Å². The molecule has 0 unspecified atom stereocenters. The number of rotatable bonds is 3. The van der Waals surface area contributed by atoms with Gasteiger partial charge in [-0.25, -0.2) is 0 Å². The molecule has 4 heteroatoms. The van der Waals surface area contributed by atoms with E-state index in [9.17, 15) is 4.79 Å². The lowest BCUT2D eigenvalue weighted by Crippen LogP contribution is -2.26. The van der Waals surface area contributed by atoms with E-state index in [1.54, 1.807) is 16.2 Å². The summed E-state index contributed by atoms with van der Waals surface area (Å²) in [5.41, 5.74) is 4.40. The molecule has 1 aromatic heterocycles. The normalized spacial score (nSPS) is 13.4. The van der Waals surface area contributed by atoms with Crippen molar-refractivity contribution in [3.8, 4) is 0 Å². The fraction of sp³-hybridized carbons (Fsp3) is 0.312. The second-order valence-corrected chi connectivity index (χ2v) is 5.98. The van der Waals surface area contributed by atoms with Crippen molar-refractivity contribution in [2.24, 2.45) is 0 Å². The maximum Gasteiger partial charge on any atom is 0.253 e. The Morgan fingerprint density at radius 2 is 2.30 bits per heavy atom. The summed E-state index contributed by atoms with van der Waals surface area (Å²) >= 11 is 1.66. The second-order valence-electron chi connectivity index (χ2n) is 5.20. The molecule has 0 radical (unpaired) electrons. The lowest BCUT2D eigenvalue weighted by atomic mass is 10.0. The first-order valence-electron chi connectivity index (χ1n) is 6.87. The van der Waals surface area contributed by atoms with Gasteiger partial charge in [0.15, 0.2) is 0 Å². The van der Waals surface area contributed by atoms with E-state index in [1.165, 1.54) is 16.8 Å². The van der Waals surface area contributed by atoms with Crippen LogP contribution in [-0.4, -0.2) is 24.4 Å². The van der Waals surface area contributed by atoms with E-state index in [0.717, 1.165) is 24.9 Å². The van der Waals surface area contributed by atoms with Crippen molar-refractivity contribution >= 4 is 22.9 Å². The van der Waals surface area contributed by atoms with E-state index in [1.807, 2.05) is 30.6 Å². The van der Waals surface area contributed by atoms with Crippen LogP contribution in [0.2, 0.25) is 0 Å². The molecular formula is C16H18N2OS. The van der Waals surface area contributed by atoms with Crippen molar-refractivity contribution in [3.63, 3.8) is 0 Å². The molecular weight excluding hydrogens is 268 g/mol. The van der Waals surface area contributed by atoms with Crippen molar-refractivity contribution in [2.45, 2.75) is 19.4 Å². The van der Waals surface area contributed by atoms with Gasteiger partial charge in [0.25, 0.3) is 5.91 Å². The lowest BCUT2D eigenvalue weighted by molar-refractivity contribution is 0.0785. The Balaban J connectivity index is 1.76. The minimum absolute atomic E-state index is 0.0876. The first kappa shape index (κ1) is 13.2. The van der Waals surface area contributed by atoms with Crippen LogP contribution in [0.4, 0.5) is 5.69 Å². The predicted octanol–water partition coefficient (Wildman–Crippen LogP) is 3.38. The number of nitrogens with one attached hydrogen (secondary N) is 1. The highest BCUT2D eigenvalue weighted by atomic mass is 32.1. The van der Waals surface area contributed by atoms with Gasteiger partial charge in [0.05, 0.1) is 0 Å². The van der Waals surface area contributed by atoms with Crippen molar-refractivity contribution in [2.75, 3.05) is 18.9 Å². The van der Waals surface area contributed by atoms with Crippen LogP contribution in [0.1, 0.15) is 27.9 Å². The SMILES string of the molecule is CN(Cc1ccsc1)C(=O)c1ccc2c(c1)CCCN2. The number of carbonyl (C=O) groups is 1. The van der Waals surface area contributed by atoms with E-state index in [-0.39, 0.29) is 5.91 Å². The van der Waals surface area contributed by atoms with Crippen molar-refractivity contribution in [1.82, 2.24) is 4.90 Å². The monoisotopic (exact) mass is 286 g/mol. The van der Waals surface area contributed by atoms with Gasteiger partial charge in [-0.3, -0.25) is 4.79 Å². The molecule has 0 bridgehead atoms. The summed E-state index contributed by atoms with van der Waals surface area (Å²) in [6, 6.07) is 8.04. The van der Waals surface area contributed by atoms with Crippen LogP contribution in [0.5, 0.6) is 0 Å². The maximum atomic E-state index is 12.5. The number of thiophene rings is 1. The van der Waals surface area contributed by atoms with Crippen LogP contribution in [-0.2, 0) is 13.0 Å². The molecule has 0 saturated heterocycles. The Labute approximate surface area is 123 Å². The van der Waals surface area contributed by atoms with Gasteiger partial charge in [-0.1, -0.05) is 0 Å². The third kappa shape index (κ3) is 2.70. The number of amides is 1. The molecule has 2 heterocycles. The molecule has 20 heavy (non-hydrogen) atoms. The number of aryl methyl sites for hydroxylation is 1. The van der Waals surface area contributed by atoms with Crippen LogP contribution in [0.15, 0.2) is 35.0 Å². The predicted molar refractivity (Wildman–Crippen MR) is 83.4 cm³/mol. The zero-order chi connectivity index (χ0) is 13.9. The van der Waals surface area contributed by atoms with Gasteiger partial charge in [-0.2, -0.15) is 11.3 Å². The number of carbonyl (C=O) groups excluding carboxylic acids is 1. The summed E-state index contributed by atoms with van der Waals surface area (Å²) in [6.45, 7) is 1.69. The van der Waals surface area contributed by atoms with Crippen LogP contribution < -0.4 is 5.32 Å². The molecule has 1 amide bonds. The fourth-order valence-electron chi connectivity index (χ4n) is 2.56. The van der Waals surface area contributed by atoms with Crippen LogP contribution in [0, 0.1) is 0 Å². The Morgan fingerprint density at radius 1 is 1.40 bits per heavy atom. The third-order valence-corrected chi connectivity index (χ3v) is 4.37. The number of nitrogens with zero attached hydrogens (tertiary/aromatic N) is 1. The minimum atomic E-state index is 0.0876. The molecule has 1 N–H and O–H groups in total. The fourth-order valence-corrected chi connectivity index (χ4v) is 3.22. The molecule has 1 aromatic carbocycles. The smallest absolute Gasteiger partial charge is 0.253 e. The maximum absolute atomic E-state index is 12.5. The molecule has 3 nitrogen and oxygen atoms in total. The van der Waals surface area contributed by atoms with Gasteiger partial charge < -0.3 is 10.2 Å². The first-order chi connectivity index (χ1) is 9.74. The average molecular weight is 286 g/mol. The van der Waals surface area contributed by atoms with E-state index in [4.69, 9.17) is 0 Å². The van der Waals surface area contributed by atoms with E-state index in [2.05, 4.69) is 16.8 Å². The lowest BCUT2D eigenvalue weighted by Gasteiger charge is -2.21. The van der Waals surface area contributed by atoms with Gasteiger partial charge in [-0.15, -0.1) is 0 Å². The minimum Gasteiger partial charge on any atom is -0.385 e. The van der Waals surface area contributed by atoms with Crippen LogP contribution in [0.3, 0.4) is 0 Å². The second kappa shape index (κ2) is 5.67. The Bertz CT molecular complexity index is 607. The average Bonchev–Trinajstić information content (AvgIpc) is 2.99. The quantitative estimate of drug-likeness (QED) is 0.938. The van der Waals surface area contributed by atoms with Crippen LogP contribution >= 0.6 is 11.3 Å². The van der Waals surface area contributed by atoms with Gasteiger partial charge in [0.2, 0.25) is 0 Å². The van der Waals surface area contributed by atoms with Crippen LogP contribution in [0.25, 0.3) is 0 Å². The zero-order valence-electron chi connectivity index (χ0n) is 11.6. The van der Waals surface area contributed by atoms with Crippen molar-refractivity contribution < 1.29 is 4.79 Å². The molecule has 1 aliphatic rings. The molecule has 0 spiro atoms. The van der Waals surface area contributed by atoms with Crippen molar-refractivity contribution in [3.05, 3.63) is 51.7 Å².